The number of aryl methyl sites for hydroxylation is 1. The second kappa shape index (κ2) is 7.46. The summed E-state index contributed by atoms with van der Waals surface area (Å²) in [6, 6.07) is 8.37. The number of aliphatic hydroxyl groups is 1. The predicted molar refractivity (Wildman–Crippen MR) is 73.2 cm³/mol. The lowest BCUT2D eigenvalue weighted by Crippen LogP contribution is -2.28. The highest BCUT2D eigenvalue weighted by Crippen LogP contribution is 2.15. The summed E-state index contributed by atoms with van der Waals surface area (Å²) < 4.78 is 0. The molecule has 0 bridgehead atoms. The number of hydrogen-bond donors (Lipinski definition) is 1. The molecule has 1 aromatic carbocycles. The van der Waals surface area contributed by atoms with Crippen LogP contribution in [0.4, 0.5) is 0 Å². The predicted octanol–water partition coefficient (Wildman–Crippen LogP) is 3.01. The minimum Gasteiger partial charge on any atom is -0.387 e. The second-order valence-electron chi connectivity index (χ2n) is 4.49. The van der Waals surface area contributed by atoms with E-state index < -0.39 is 0 Å². The first kappa shape index (κ1) is 14.2. The molecule has 2 heteroatoms. The Morgan fingerprint density at radius 2 is 1.65 bits per heavy atom. The summed E-state index contributed by atoms with van der Waals surface area (Å²) in [7, 11) is 0. The van der Waals surface area contributed by atoms with Crippen molar-refractivity contribution in [3.8, 4) is 0 Å². The van der Waals surface area contributed by atoms with Gasteiger partial charge in [-0.05, 0) is 30.6 Å². The molecule has 1 N–H and O–H groups in total. The molecule has 0 heterocycles. The van der Waals surface area contributed by atoms with Gasteiger partial charge in [-0.3, -0.25) is 0 Å². The summed E-state index contributed by atoms with van der Waals surface area (Å²) in [5.41, 5.74) is 2.38. The molecule has 0 aliphatic rings. The summed E-state index contributed by atoms with van der Waals surface area (Å²) in [5.74, 6) is 0. The SMILES string of the molecule is CCCc1ccc(C(O)CN(CC)CC)cc1. The Labute approximate surface area is 105 Å². The summed E-state index contributed by atoms with van der Waals surface area (Å²) >= 11 is 0. The normalized spacial score (nSPS) is 13.0. The largest absolute Gasteiger partial charge is 0.387 e. The summed E-state index contributed by atoms with van der Waals surface area (Å²) in [4.78, 5) is 2.24. The maximum atomic E-state index is 10.1. The fourth-order valence-corrected chi connectivity index (χ4v) is 2.03. The highest BCUT2D eigenvalue weighted by Gasteiger charge is 2.10. The van der Waals surface area contributed by atoms with Gasteiger partial charge in [0.05, 0.1) is 6.10 Å². The van der Waals surface area contributed by atoms with E-state index in [2.05, 4.69) is 49.9 Å². The van der Waals surface area contributed by atoms with Crippen molar-refractivity contribution in [3.05, 3.63) is 35.4 Å². The molecule has 0 saturated heterocycles. The average molecular weight is 235 g/mol. The molecule has 0 aromatic heterocycles. The molecular weight excluding hydrogens is 210 g/mol. The van der Waals surface area contributed by atoms with Crippen molar-refractivity contribution in [3.63, 3.8) is 0 Å². The molecular formula is C15H25NO. The van der Waals surface area contributed by atoms with E-state index in [1.165, 1.54) is 12.0 Å². The van der Waals surface area contributed by atoms with Crippen molar-refractivity contribution in [2.45, 2.75) is 39.7 Å². The van der Waals surface area contributed by atoms with Crippen molar-refractivity contribution in [1.29, 1.82) is 0 Å². The van der Waals surface area contributed by atoms with Crippen LogP contribution in [0, 0.1) is 0 Å². The van der Waals surface area contributed by atoms with E-state index in [1.54, 1.807) is 0 Å². The second-order valence-corrected chi connectivity index (χ2v) is 4.49. The van der Waals surface area contributed by atoms with Gasteiger partial charge in [0.25, 0.3) is 0 Å². The van der Waals surface area contributed by atoms with Crippen molar-refractivity contribution in [2.75, 3.05) is 19.6 Å². The number of rotatable bonds is 7. The maximum absolute atomic E-state index is 10.1. The Hall–Kier alpha value is -0.860. The lowest BCUT2D eigenvalue weighted by atomic mass is 10.0. The van der Waals surface area contributed by atoms with Gasteiger partial charge in [-0.2, -0.15) is 0 Å². The highest BCUT2D eigenvalue weighted by atomic mass is 16.3. The third-order valence-corrected chi connectivity index (χ3v) is 3.23. The van der Waals surface area contributed by atoms with Crippen LogP contribution in [0.2, 0.25) is 0 Å². The summed E-state index contributed by atoms with van der Waals surface area (Å²) in [6.07, 6.45) is 1.92. The molecule has 0 saturated carbocycles. The van der Waals surface area contributed by atoms with Crippen molar-refractivity contribution in [2.24, 2.45) is 0 Å². The molecule has 96 valence electrons. The topological polar surface area (TPSA) is 23.5 Å². The zero-order valence-corrected chi connectivity index (χ0v) is 11.3. The molecule has 1 atom stereocenters. The van der Waals surface area contributed by atoms with Crippen LogP contribution in [0.5, 0.6) is 0 Å². The number of benzene rings is 1. The third kappa shape index (κ3) is 4.49. The van der Waals surface area contributed by atoms with Gasteiger partial charge < -0.3 is 10.0 Å². The lowest BCUT2D eigenvalue weighted by Gasteiger charge is -2.22. The standard InChI is InChI=1S/C15H25NO/c1-4-7-13-8-10-14(11-9-13)15(17)12-16(5-2)6-3/h8-11,15,17H,4-7,12H2,1-3H3. The van der Waals surface area contributed by atoms with E-state index in [4.69, 9.17) is 0 Å². The van der Waals surface area contributed by atoms with Crippen LogP contribution in [0.1, 0.15) is 44.4 Å². The first-order chi connectivity index (χ1) is 8.21. The molecule has 0 radical (unpaired) electrons. The molecule has 0 amide bonds. The van der Waals surface area contributed by atoms with Crippen LogP contribution in [0.3, 0.4) is 0 Å². The molecule has 1 rings (SSSR count). The Kier molecular flexibility index (Phi) is 6.23. The quantitative estimate of drug-likeness (QED) is 0.785. The van der Waals surface area contributed by atoms with E-state index in [-0.39, 0.29) is 6.10 Å². The minimum atomic E-state index is -0.370. The van der Waals surface area contributed by atoms with Gasteiger partial charge >= 0.3 is 0 Å². The summed E-state index contributed by atoms with van der Waals surface area (Å²) in [6.45, 7) is 9.13. The third-order valence-electron chi connectivity index (χ3n) is 3.23. The number of aliphatic hydroxyl groups excluding tert-OH is 1. The van der Waals surface area contributed by atoms with Crippen LogP contribution < -0.4 is 0 Å². The molecule has 1 unspecified atom stereocenters. The average Bonchev–Trinajstić information content (AvgIpc) is 2.37. The van der Waals surface area contributed by atoms with Gasteiger partial charge in [-0.1, -0.05) is 51.5 Å². The molecule has 0 aliphatic heterocycles. The molecule has 1 aromatic rings. The molecule has 2 nitrogen and oxygen atoms in total. The van der Waals surface area contributed by atoms with Crippen molar-refractivity contribution in [1.82, 2.24) is 4.90 Å². The van der Waals surface area contributed by atoms with E-state index in [0.29, 0.717) is 0 Å². The van der Waals surface area contributed by atoms with Crippen molar-refractivity contribution < 1.29 is 5.11 Å². The van der Waals surface area contributed by atoms with Crippen LogP contribution in [0.15, 0.2) is 24.3 Å². The lowest BCUT2D eigenvalue weighted by molar-refractivity contribution is 0.119. The Bertz CT molecular complexity index is 303. The Balaban J connectivity index is 2.59. The van der Waals surface area contributed by atoms with Crippen LogP contribution >= 0.6 is 0 Å². The van der Waals surface area contributed by atoms with E-state index in [0.717, 1.165) is 31.6 Å². The van der Waals surface area contributed by atoms with Crippen LogP contribution in [-0.4, -0.2) is 29.6 Å². The fourth-order valence-electron chi connectivity index (χ4n) is 2.03. The van der Waals surface area contributed by atoms with Crippen LogP contribution in [-0.2, 0) is 6.42 Å². The smallest absolute Gasteiger partial charge is 0.0916 e. The zero-order chi connectivity index (χ0) is 12.7. The molecule has 0 spiro atoms. The van der Waals surface area contributed by atoms with Gasteiger partial charge in [0.15, 0.2) is 0 Å². The van der Waals surface area contributed by atoms with Gasteiger partial charge in [0.2, 0.25) is 0 Å². The fraction of sp³-hybridized carbons (Fsp3) is 0.600. The van der Waals surface area contributed by atoms with E-state index >= 15 is 0 Å². The first-order valence-electron chi connectivity index (χ1n) is 6.70. The molecule has 0 aliphatic carbocycles. The van der Waals surface area contributed by atoms with Gasteiger partial charge in [0.1, 0.15) is 0 Å². The van der Waals surface area contributed by atoms with Crippen molar-refractivity contribution >= 4 is 0 Å². The Morgan fingerprint density at radius 1 is 1.06 bits per heavy atom. The summed E-state index contributed by atoms with van der Waals surface area (Å²) in [5, 5.41) is 10.1. The van der Waals surface area contributed by atoms with Gasteiger partial charge in [-0.15, -0.1) is 0 Å². The first-order valence-corrected chi connectivity index (χ1v) is 6.70. The van der Waals surface area contributed by atoms with Crippen LogP contribution in [0.25, 0.3) is 0 Å². The van der Waals surface area contributed by atoms with E-state index in [9.17, 15) is 5.11 Å². The number of nitrogens with zero attached hydrogens (tertiary/aromatic N) is 1. The Morgan fingerprint density at radius 3 is 2.12 bits per heavy atom. The monoisotopic (exact) mass is 235 g/mol. The van der Waals surface area contributed by atoms with Gasteiger partial charge in [0, 0.05) is 6.54 Å². The maximum Gasteiger partial charge on any atom is 0.0916 e. The molecule has 0 fully saturated rings. The minimum absolute atomic E-state index is 0.370. The van der Waals surface area contributed by atoms with E-state index in [1.807, 2.05) is 0 Å². The van der Waals surface area contributed by atoms with Gasteiger partial charge in [-0.25, -0.2) is 0 Å². The highest BCUT2D eigenvalue weighted by molar-refractivity contribution is 5.24. The zero-order valence-electron chi connectivity index (χ0n) is 11.3. The number of hydrogen-bond acceptors (Lipinski definition) is 2. The number of likely N-dealkylation sites (N-methyl/N-ethyl adjacent to an activating group) is 1. The molecule has 17 heavy (non-hydrogen) atoms.